The predicted molar refractivity (Wildman–Crippen MR) is 73.8 cm³/mol. The van der Waals surface area contributed by atoms with Crippen LogP contribution in [0.2, 0.25) is 0 Å². The number of thioether (sulfide) groups is 4. The van der Waals surface area contributed by atoms with Gasteiger partial charge >= 0.3 is 5.97 Å². The Labute approximate surface area is 108 Å². The first-order valence-corrected chi connectivity index (χ1v) is 9.15. The minimum atomic E-state index is -0.171. The highest BCUT2D eigenvalue weighted by Gasteiger charge is 2.02. The van der Waals surface area contributed by atoms with Gasteiger partial charge in [0.05, 0.1) is 12.4 Å². The number of carbonyl (C=O) groups excluding carboxylic acids is 1. The van der Waals surface area contributed by atoms with Crippen LogP contribution in [-0.4, -0.2) is 51.6 Å². The first kappa shape index (κ1) is 15.8. The molecule has 15 heavy (non-hydrogen) atoms. The highest BCUT2D eigenvalue weighted by molar-refractivity contribution is 8.22. The number of ether oxygens (including phenoxy) is 1. The molecule has 0 aliphatic carbocycles. The second-order valence-electron chi connectivity index (χ2n) is 2.34. The number of carbonyl (C=O) groups is 1. The summed E-state index contributed by atoms with van der Waals surface area (Å²) in [4.78, 5) is 11.1. The Morgan fingerprint density at radius 2 is 2.07 bits per heavy atom. The van der Waals surface area contributed by atoms with Crippen LogP contribution in [0.15, 0.2) is 0 Å². The molecule has 0 radical (unpaired) electrons. The van der Waals surface area contributed by atoms with Crippen molar-refractivity contribution in [2.24, 2.45) is 0 Å². The summed E-state index contributed by atoms with van der Waals surface area (Å²) in [6, 6.07) is 0. The molecule has 0 rings (SSSR count). The molecule has 0 bridgehead atoms. The lowest BCUT2D eigenvalue weighted by molar-refractivity contribution is -0.138. The first-order chi connectivity index (χ1) is 7.31. The molecule has 0 fully saturated rings. The lowest BCUT2D eigenvalue weighted by atomic mass is 10.8. The van der Waals surface area contributed by atoms with E-state index < -0.39 is 0 Å². The van der Waals surface area contributed by atoms with Crippen molar-refractivity contribution in [3.05, 3.63) is 0 Å². The average Bonchev–Trinajstić information content (AvgIpc) is 2.24. The molecule has 7 heteroatoms. The Hall–Kier alpha value is 0.830. The van der Waals surface area contributed by atoms with Gasteiger partial charge in [-0.25, -0.2) is 0 Å². The quantitative estimate of drug-likeness (QED) is 0.374. The van der Waals surface area contributed by atoms with Crippen LogP contribution in [0.5, 0.6) is 0 Å². The second kappa shape index (κ2) is 12.9. The van der Waals surface area contributed by atoms with Gasteiger partial charge in [-0.05, 0) is 6.26 Å². The number of aliphatic hydroxyl groups is 1. The molecule has 0 atom stereocenters. The molecule has 90 valence electrons. The molecule has 0 heterocycles. The van der Waals surface area contributed by atoms with Gasteiger partial charge in [-0.1, -0.05) is 0 Å². The van der Waals surface area contributed by atoms with Crippen molar-refractivity contribution in [2.45, 2.75) is 0 Å². The smallest absolute Gasteiger partial charge is 0.316 e. The Kier molecular flexibility index (Phi) is 13.6. The molecule has 0 aromatic heterocycles. The monoisotopic (exact) mass is 288 g/mol. The molecule has 3 nitrogen and oxygen atoms in total. The summed E-state index contributed by atoms with van der Waals surface area (Å²) < 4.78 is 4.93. The fourth-order valence-electron chi connectivity index (χ4n) is 0.574. The van der Waals surface area contributed by atoms with E-state index in [0.29, 0.717) is 17.4 Å². The Morgan fingerprint density at radius 3 is 2.73 bits per heavy atom. The maximum atomic E-state index is 11.1. The van der Waals surface area contributed by atoms with Crippen LogP contribution in [0.1, 0.15) is 0 Å². The summed E-state index contributed by atoms with van der Waals surface area (Å²) in [6.07, 6.45) is 2.06. The van der Waals surface area contributed by atoms with E-state index in [0.717, 1.165) is 10.2 Å². The Bertz CT molecular complexity index is 157. The van der Waals surface area contributed by atoms with E-state index in [1.165, 1.54) is 11.8 Å². The molecular weight excluding hydrogens is 272 g/mol. The third kappa shape index (κ3) is 12.8. The molecule has 0 amide bonds. The molecular formula is C8H16O3S4. The van der Waals surface area contributed by atoms with Gasteiger partial charge in [0.1, 0.15) is 5.94 Å². The number of esters is 1. The van der Waals surface area contributed by atoms with Crippen molar-refractivity contribution in [3.63, 3.8) is 0 Å². The van der Waals surface area contributed by atoms with Crippen molar-refractivity contribution in [2.75, 3.05) is 40.5 Å². The van der Waals surface area contributed by atoms with Crippen LogP contribution in [-0.2, 0) is 9.53 Å². The number of hydrogen-bond acceptors (Lipinski definition) is 7. The lowest BCUT2D eigenvalue weighted by Crippen LogP contribution is -2.07. The van der Waals surface area contributed by atoms with Crippen LogP contribution in [0.25, 0.3) is 0 Å². The van der Waals surface area contributed by atoms with Gasteiger partial charge in [0.15, 0.2) is 0 Å². The topological polar surface area (TPSA) is 46.5 Å². The molecule has 0 aliphatic rings. The average molecular weight is 288 g/mol. The van der Waals surface area contributed by atoms with Crippen LogP contribution >= 0.6 is 47.0 Å². The van der Waals surface area contributed by atoms with Crippen molar-refractivity contribution in [1.82, 2.24) is 0 Å². The van der Waals surface area contributed by atoms with E-state index in [9.17, 15) is 4.79 Å². The molecule has 0 unspecified atom stereocenters. The molecule has 0 aromatic carbocycles. The third-order valence-corrected chi connectivity index (χ3v) is 5.27. The standard InChI is InChI=1S/C8H16O3S4/c1-12-6-15-7-14-4-8(10)11-5-13-3-2-9/h9H,2-7H2,1H3. The largest absolute Gasteiger partial charge is 0.454 e. The summed E-state index contributed by atoms with van der Waals surface area (Å²) in [5.41, 5.74) is 0. The SMILES string of the molecule is CSCSCSCC(=O)OCSCCO. The minimum absolute atomic E-state index is 0.127. The maximum Gasteiger partial charge on any atom is 0.316 e. The fraction of sp³-hybridized carbons (Fsp3) is 0.875. The van der Waals surface area contributed by atoms with Gasteiger partial charge in [0, 0.05) is 15.9 Å². The van der Waals surface area contributed by atoms with E-state index in [1.807, 2.05) is 11.8 Å². The van der Waals surface area contributed by atoms with E-state index in [2.05, 4.69) is 6.26 Å². The van der Waals surface area contributed by atoms with Gasteiger partial charge in [-0.3, -0.25) is 4.79 Å². The Balaban J connectivity index is 3.11. The van der Waals surface area contributed by atoms with Crippen molar-refractivity contribution >= 4 is 53.0 Å². The summed E-state index contributed by atoms with van der Waals surface area (Å²) in [5, 5.41) is 10.5. The van der Waals surface area contributed by atoms with E-state index in [4.69, 9.17) is 9.84 Å². The van der Waals surface area contributed by atoms with Crippen LogP contribution in [0.3, 0.4) is 0 Å². The fourth-order valence-corrected chi connectivity index (χ4v) is 3.64. The normalized spacial score (nSPS) is 10.3. The van der Waals surface area contributed by atoms with Gasteiger partial charge in [0.2, 0.25) is 0 Å². The Morgan fingerprint density at radius 1 is 1.27 bits per heavy atom. The minimum Gasteiger partial charge on any atom is -0.454 e. The number of rotatable bonds is 10. The number of aliphatic hydroxyl groups excluding tert-OH is 1. The molecule has 0 saturated carbocycles. The molecule has 0 aliphatic heterocycles. The van der Waals surface area contributed by atoms with E-state index >= 15 is 0 Å². The van der Waals surface area contributed by atoms with Crippen LogP contribution < -0.4 is 0 Å². The van der Waals surface area contributed by atoms with Gasteiger partial charge in [-0.2, -0.15) is 11.8 Å². The van der Waals surface area contributed by atoms with Gasteiger partial charge in [0.25, 0.3) is 0 Å². The van der Waals surface area contributed by atoms with Crippen molar-refractivity contribution in [1.29, 1.82) is 0 Å². The zero-order valence-electron chi connectivity index (χ0n) is 8.64. The van der Waals surface area contributed by atoms with E-state index in [1.54, 1.807) is 23.5 Å². The zero-order chi connectivity index (χ0) is 11.4. The zero-order valence-corrected chi connectivity index (χ0v) is 11.9. The highest BCUT2D eigenvalue weighted by Crippen LogP contribution is 2.16. The van der Waals surface area contributed by atoms with Crippen molar-refractivity contribution < 1.29 is 14.6 Å². The first-order valence-electron chi connectivity index (χ1n) is 4.30. The predicted octanol–water partition coefficient (Wildman–Crippen LogP) is 1.96. The molecule has 0 spiro atoms. The van der Waals surface area contributed by atoms with Gasteiger partial charge in [-0.15, -0.1) is 35.3 Å². The molecule has 0 saturated heterocycles. The molecule has 1 N–H and O–H groups in total. The highest BCUT2D eigenvalue weighted by atomic mass is 32.2. The summed E-state index contributed by atoms with van der Waals surface area (Å²) >= 11 is 6.59. The summed E-state index contributed by atoms with van der Waals surface area (Å²) in [7, 11) is 0. The van der Waals surface area contributed by atoms with Crippen molar-refractivity contribution in [3.8, 4) is 0 Å². The van der Waals surface area contributed by atoms with Crippen LogP contribution in [0.4, 0.5) is 0 Å². The lowest BCUT2D eigenvalue weighted by Gasteiger charge is -2.03. The second-order valence-corrected chi connectivity index (χ2v) is 6.96. The number of hydrogen-bond donors (Lipinski definition) is 1. The van der Waals surface area contributed by atoms with Crippen LogP contribution in [0, 0.1) is 0 Å². The van der Waals surface area contributed by atoms with E-state index in [-0.39, 0.29) is 12.6 Å². The van der Waals surface area contributed by atoms with Gasteiger partial charge < -0.3 is 9.84 Å². The summed E-state index contributed by atoms with van der Waals surface area (Å²) in [5.74, 6) is 1.21. The third-order valence-electron chi connectivity index (χ3n) is 1.13. The molecule has 0 aromatic rings. The summed E-state index contributed by atoms with van der Waals surface area (Å²) in [6.45, 7) is 0.127. The maximum absolute atomic E-state index is 11.1.